The van der Waals surface area contributed by atoms with Gasteiger partial charge in [-0.2, -0.15) is 9.97 Å². The molecule has 0 bridgehead atoms. The number of halogens is 1. The maximum Gasteiger partial charge on any atom is 0.220 e. The first-order valence-corrected chi connectivity index (χ1v) is 7.80. The second-order valence-electron chi connectivity index (χ2n) is 5.33. The molecule has 0 radical (unpaired) electrons. The van der Waals surface area contributed by atoms with E-state index in [1.807, 2.05) is 6.92 Å². The van der Waals surface area contributed by atoms with Gasteiger partial charge in [0.05, 0.1) is 26.9 Å². The van der Waals surface area contributed by atoms with Gasteiger partial charge < -0.3 is 25.1 Å². The van der Waals surface area contributed by atoms with Crippen LogP contribution in [0, 0.1) is 5.82 Å². The van der Waals surface area contributed by atoms with Crippen LogP contribution in [0.15, 0.2) is 18.2 Å². The van der Waals surface area contributed by atoms with E-state index in [1.54, 1.807) is 0 Å². The summed E-state index contributed by atoms with van der Waals surface area (Å²) in [6, 6.07) is 3.90. The molecule has 7 nitrogen and oxygen atoms in total. The summed E-state index contributed by atoms with van der Waals surface area (Å²) in [5.41, 5.74) is 6.93. The summed E-state index contributed by atoms with van der Waals surface area (Å²) in [7, 11) is 2.86. The lowest BCUT2D eigenvalue weighted by Crippen LogP contribution is -2.12. The van der Waals surface area contributed by atoms with Gasteiger partial charge in [0.1, 0.15) is 11.9 Å². The van der Waals surface area contributed by atoms with E-state index in [9.17, 15) is 9.50 Å². The van der Waals surface area contributed by atoms with Crippen molar-refractivity contribution in [3.05, 3.63) is 41.0 Å². The van der Waals surface area contributed by atoms with Gasteiger partial charge in [-0.15, -0.1) is 0 Å². The molecule has 2 aromatic rings. The molecule has 1 aromatic carbocycles. The molecule has 1 unspecified atom stereocenters. The molecule has 136 valence electrons. The Morgan fingerprint density at radius 2 is 1.80 bits per heavy atom. The third-order valence-electron chi connectivity index (χ3n) is 3.52. The topological polar surface area (TPSA) is 99.7 Å². The summed E-state index contributed by atoms with van der Waals surface area (Å²) in [6.45, 7) is 2.65. The van der Waals surface area contributed by atoms with Crippen LogP contribution >= 0.6 is 0 Å². The minimum atomic E-state index is -1.34. The quantitative estimate of drug-likeness (QED) is 0.555. The number of aromatic nitrogens is 2. The van der Waals surface area contributed by atoms with Crippen molar-refractivity contribution < 1.29 is 23.7 Å². The summed E-state index contributed by atoms with van der Waals surface area (Å²) in [5, 5.41) is 10.6. The van der Waals surface area contributed by atoms with Crippen LogP contribution in [0.3, 0.4) is 0 Å². The number of aliphatic hydroxyl groups is 1. The average molecular weight is 351 g/mol. The second-order valence-corrected chi connectivity index (χ2v) is 5.33. The summed E-state index contributed by atoms with van der Waals surface area (Å²) >= 11 is 0. The van der Waals surface area contributed by atoms with Gasteiger partial charge in [0.25, 0.3) is 0 Å². The number of methoxy groups -OCH3 is 2. The lowest BCUT2D eigenvalue weighted by atomic mass is 10.0. The summed E-state index contributed by atoms with van der Waals surface area (Å²) in [5.74, 6) is -0.119. The number of anilines is 1. The summed E-state index contributed by atoms with van der Waals surface area (Å²) < 4.78 is 29.5. The molecule has 0 saturated carbocycles. The first-order chi connectivity index (χ1) is 12.0. The molecule has 0 aliphatic rings. The van der Waals surface area contributed by atoms with E-state index >= 15 is 0 Å². The predicted octanol–water partition coefficient (Wildman–Crippen LogP) is 2.22. The lowest BCUT2D eigenvalue weighted by molar-refractivity contribution is 0.121. The van der Waals surface area contributed by atoms with Crippen LogP contribution < -0.4 is 15.2 Å². The SMILES string of the molecule is CCCOCc1cc(F)cc(C(O)c2nc(OC)cc(OC)n2)c1N. The second kappa shape index (κ2) is 8.59. The number of hydrogen-bond acceptors (Lipinski definition) is 7. The van der Waals surface area contributed by atoms with E-state index in [-0.39, 0.29) is 35.4 Å². The predicted molar refractivity (Wildman–Crippen MR) is 90.0 cm³/mol. The highest BCUT2D eigenvalue weighted by Crippen LogP contribution is 2.30. The average Bonchev–Trinajstić information content (AvgIpc) is 2.63. The third-order valence-corrected chi connectivity index (χ3v) is 3.52. The fraction of sp³-hybridized carbons (Fsp3) is 0.412. The molecule has 0 fully saturated rings. The molecule has 3 N–H and O–H groups in total. The van der Waals surface area contributed by atoms with Gasteiger partial charge in [-0.1, -0.05) is 6.92 Å². The normalized spacial score (nSPS) is 12.0. The van der Waals surface area contributed by atoms with Gasteiger partial charge in [0.2, 0.25) is 11.8 Å². The van der Waals surface area contributed by atoms with E-state index < -0.39 is 11.9 Å². The molecule has 0 amide bonds. The zero-order valence-electron chi connectivity index (χ0n) is 14.5. The Morgan fingerprint density at radius 1 is 1.16 bits per heavy atom. The lowest BCUT2D eigenvalue weighted by Gasteiger charge is -2.17. The minimum absolute atomic E-state index is 0.00562. The highest BCUT2D eigenvalue weighted by Gasteiger charge is 2.21. The Bertz CT molecular complexity index is 705. The van der Waals surface area contributed by atoms with Crippen LogP contribution in [-0.4, -0.2) is 35.9 Å². The van der Waals surface area contributed by atoms with Crippen LogP contribution in [0.1, 0.15) is 36.4 Å². The van der Waals surface area contributed by atoms with Crippen LogP contribution in [0.4, 0.5) is 10.1 Å². The van der Waals surface area contributed by atoms with Crippen molar-refractivity contribution in [2.24, 2.45) is 0 Å². The zero-order chi connectivity index (χ0) is 18.4. The Kier molecular flexibility index (Phi) is 6.49. The molecule has 0 aliphatic carbocycles. The maximum absolute atomic E-state index is 14.0. The Hall–Kier alpha value is -2.45. The molecule has 0 spiro atoms. The third kappa shape index (κ3) is 4.55. The van der Waals surface area contributed by atoms with Crippen molar-refractivity contribution >= 4 is 5.69 Å². The van der Waals surface area contributed by atoms with E-state index in [0.717, 1.165) is 12.5 Å². The maximum atomic E-state index is 14.0. The van der Waals surface area contributed by atoms with Gasteiger partial charge in [-0.3, -0.25) is 0 Å². The van der Waals surface area contributed by atoms with Crippen molar-refractivity contribution in [3.8, 4) is 11.8 Å². The van der Waals surface area contributed by atoms with Crippen molar-refractivity contribution in [1.82, 2.24) is 9.97 Å². The van der Waals surface area contributed by atoms with E-state index in [4.69, 9.17) is 19.9 Å². The number of hydrogen-bond donors (Lipinski definition) is 2. The molecule has 1 aromatic heterocycles. The molecule has 0 saturated heterocycles. The van der Waals surface area contributed by atoms with Crippen LogP contribution in [0.5, 0.6) is 11.8 Å². The minimum Gasteiger partial charge on any atom is -0.481 e. The van der Waals surface area contributed by atoms with E-state index in [1.165, 1.54) is 26.4 Å². The molecule has 8 heteroatoms. The van der Waals surface area contributed by atoms with Gasteiger partial charge in [-0.05, 0) is 18.6 Å². The number of nitrogen functional groups attached to an aromatic ring is 1. The molecule has 2 rings (SSSR count). The van der Waals surface area contributed by atoms with Crippen LogP contribution in [0.25, 0.3) is 0 Å². The fourth-order valence-corrected chi connectivity index (χ4v) is 2.26. The fourth-order valence-electron chi connectivity index (χ4n) is 2.26. The Labute approximate surface area is 145 Å². The summed E-state index contributed by atoms with van der Waals surface area (Å²) in [4.78, 5) is 8.16. The Balaban J connectivity index is 2.40. The number of rotatable bonds is 8. The van der Waals surface area contributed by atoms with Crippen molar-refractivity contribution in [1.29, 1.82) is 0 Å². The number of nitrogens with zero attached hydrogens (tertiary/aromatic N) is 2. The zero-order valence-corrected chi connectivity index (χ0v) is 14.5. The molecular formula is C17H22FN3O4. The molecule has 0 aliphatic heterocycles. The van der Waals surface area contributed by atoms with E-state index in [0.29, 0.717) is 12.2 Å². The van der Waals surface area contributed by atoms with Gasteiger partial charge in [0, 0.05) is 23.4 Å². The smallest absolute Gasteiger partial charge is 0.220 e. The number of benzene rings is 1. The van der Waals surface area contributed by atoms with Crippen LogP contribution in [-0.2, 0) is 11.3 Å². The highest BCUT2D eigenvalue weighted by atomic mass is 19.1. The number of aliphatic hydroxyl groups excluding tert-OH is 1. The monoisotopic (exact) mass is 351 g/mol. The first-order valence-electron chi connectivity index (χ1n) is 7.80. The molecule has 25 heavy (non-hydrogen) atoms. The van der Waals surface area contributed by atoms with Gasteiger partial charge >= 0.3 is 0 Å². The molecular weight excluding hydrogens is 329 g/mol. The number of nitrogens with two attached hydrogens (primary N) is 1. The Morgan fingerprint density at radius 3 is 2.36 bits per heavy atom. The standard InChI is InChI=1S/C17H22FN3O4/c1-4-5-25-9-10-6-11(18)7-12(15(10)19)16(22)17-20-13(23-2)8-14(21-17)24-3/h6-8,16,22H,4-5,9,19H2,1-3H3. The van der Waals surface area contributed by atoms with Crippen molar-refractivity contribution in [3.63, 3.8) is 0 Å². The molecule has 1 atom stereocenters. The van der Waals surface area contributed by atoms with Crippen LogP contribution in [0.2, 0.25) is 0 Å². The summed E-state index contributed by atoms with van der Waals surface area (Å²) in [6.07, 6.45) is -0.507. The highest BCUT2D eigenvalue weighted by molar-refractivity contribution is 5.56. The van der Waals surface area contributed by atoms with Gasteiger partial charge in [-0.25, -0.2) is 4.39 Å². The number of ether oxygens (including phenoxy) is 3. The largest absolute Gasteiger partial charge is 0.481 e. The van der Waals surface area contributed by atoms with Crippen molar-refractivity contribution in [2.75, 3.05) is 26.6 Å². The molecule has 1 heterocycles. The van der Waals surface area contributed by atoms with Crippen molar-refractivity contribution in [2.45, 2.75) is 26.1 Å². The van der Waals surface area contributed by atoms with Gasteiger partial charge in [0.15, 0.2) is 5.82 Å². The van der Waals surface area contributed by atoms with E-state index in [2.05, 4.69) is 9.97 Å². The first kappa shape index (κ1) is 18.9.